The normalized spacial score (nSPS) is 12.7. The maximum Gasteiger partial charge on any atom is 0.242 e. The Hall–Kier alpha value is -0.400. The van der Waals surface area contributed by atoms with E-state index in [2.05, 4.69) is 4.72 Å². The Labute approximate surface area is 127 Å². The second-order valence-electron chi connectivity index (χ2n) is 4.42. The molecule has 1 rings (SSSR count). The Balaban J connectivity index is 3.28. The van der Waals surface area contributed by atoms with Crippen molar-refractivity contribution in [3.05, 3.63) is 28.0 Å². The summed E-state index contributed by atoms with van der Waals surface area (Å²) in [6, 6.07) is 2.25. The summed E-state index contributed by atoms with van der Waals surface area (Å²) in [4.78, 5) is -0.402. The van der Waals surface area contributed by atoms with Gasteiger partial charge in [-0.05, 0) is 25.0 Å². The van der Waals surface area contributed by atoms with E-state index in [0.717, 1.165) is 12.1 Å². The van der Waals surface area contributed by atoms with Gasteiger partial charge in [-0.25, -0.2) is 17.5 Å². The molecule has 1 aromatic rings. The molecule has 0 aliphatic heterocycles. The number of aliphatic hydroxyl groups is 1. The number of nitrogens with one attached hydrogen (secondary N) is 1. The van der Waals surface area contributed by atoms with Gasteiger partial charge in [-0.2, -0.15) is 0 Å². The maximum atomic E-state index is 13.6. The highest BCUT2D eigenvalue weighted by Gasteiger charge is 2.33. The first-order chi connectivity index (χ1) is 9.23. The van der Waals surface area contributed by atoms with Crippen LogP contribution in [0.2, 0.25) is 10.0 Å². The van der Waals surface area contributed by atoms with Crippen molar-refractivity contribution in [2.45, 2.75) is 37.1 Å². The van der Waals surface area contributed by atoms with Gasteiger partial charge in [0, 0.05) is 0 Å². The van der Waals surface area contributed by atoms with Crippen molar-refractivity contribution in [2.24, 2.45) is 0 Å². The lowest BCUT2D eigenvalue weighted by molar-refractivity contribution is 0.172. The van der Waals surface area contributed by atoms with E-state index in [1.165, 1.54) is 0 Å². The van der Waals surface area contributed by atoms with Gasteiger partial charge in [0.15, 0.2) is 5.82 Å². The molecule has 0 bridgehead atoms. The summed E-state index contributed by atoms with van der Waals surface area (Å²) >= 11 is 11.2. The molecule has 0 amide bonds. The summed E-state index contributed by atoms with van der Waals surface area (Å²) in [6.07, 6.45) is 0.764. The fourth-order valence-electron chi connectivity index (χ4n) is 1.71. The van der Waals surface area contributed by atoms with Crippen molar-refractivity contribution < 1.29 is 17.9 Å². The average molecular weight is 344 g/mol. The van der Waals surface area contributed by atoms with Gasteiger partial charge < -0.3 is 5.11 Å². The highest BCUT2D eigenvalue weighted by Crippen LogP contribution is 2.30. The van der Waals surface area contributed by atoms with Gasteiger partial charge in [0.25, 0.3) is 0 Å². The molecule has 114 valence electrons. The van der Waals surface area contributed by atoms with E-state index in [1.54, 1.807) is 13.8 Å². The van der Waals surface area contributed by atoms with Crippen molar-refractivity contribution >= 4 is 33.2 Å². The highest BCUT2D eigenvalue weighted by atomic mass is 35.5. The topological polar surface area (TPSA) is 66.4 Å². The largest absolute Gasteiger partial charge is 0.394 e. The fraction of sp³-hybridized carbons (Fsp3) is 0.500. The Kier molecular flexibility index (Phi) is 5.80. The molecule has 20 heavy (non-hydrogen) atoms. The van der Waals surface area contributed by atoms with Crippen molar-refractivity contribution in [3.63, 3.8) is 0 Å². The Morgan fingerprint density at radius 3 is 2.30 bits per heavy atom. The summed E-state index contributed by atoms with van der Waals surface area (Å²) in [6.45, 7) is 3.12. The quantitative estimate of drug-likeness (QED) is 0.780. The number of hydrogen-bond donors (Lipinski definition) is 2. The van der Waals surface area contributed by atoms with Crippen LogP contribution in [0.3, 0.4) is 0 Å². The average Bonchev–Trinajstić information content (AvgIpc) is 2.42. The molecule has 0 atom stereocenters. The molecule has 2 N–H and O–H groups in total. The van der Waals surface area contributed by atoms with E-state index < -0.39 is 31.3 Å². The monoisotopic (exact) mass is 343 g/mol. The number of benzene rings is 1. The van der Waals surface area contributed by atoms with Gasteiger partial charge in [0.2, 0.25) is 10.0 Å². The van der Waals surface area contributed by atoms with Crippen LogP contribution >= 0.6 is 23.2 Å². The number of sulfonamides is 1. The van der Waals surface area contributed by atoms with Gasteiger partial charge in [-0.1, -0.05) is 37.0 Å². The van der Waals surface area contributed by atoms with Crippen LogP contribution < -0.4 is 4.72 Å². The van der Waals surface area contributed by atoms with E-state index in [-0.39, 0.29) is 11.6 Å². The highest BCUT2D eigenvalue weighted by molar-refractivity contribution is 7.89. The van der Waals surface area contributed by atoms with Gasteiger partial charge >= 0.3 is 0 Å². The van der Waals surface area contributed by atoms with E-state index in [1.807, 2.05) is 0 Å². The first-order valence-electron chi connectivity index (χ1n) is 6.01. The number of hydrogen-bond acceptors (Lipinski definition) is 3. The standard InChI is InChI=1S/C12H16Cl2FNO3S/c1-3-12(4-2,7-17)16-20(18,19)9-6-5-8(13)11(15)10(9)14/h5-6,16-17H,3-4,7H2,1-2H3. The molecule has 0 saturated heterocycles. The maximum absolute atomic E-state index is 13.6. The Bertz CT molecular complexity index is 580. The molecule has 4 nitrogen and oxygen atoms in total. The van der Waals surface area contributed by atoms with Crippen LogP contribution in [0.5, 0.6) is 0 Å². The molecule has 0 aromatic heterocycles. The molecular weight excluding hydrogens is 328 g/mol. The van der Waals surface area contributed by atoms with Crippen LogP contribution in [0.15, 0.2) is 17.0 Å². The molecule has 0 aliphatic rings. The fourth-order valence-corrected chi connectivity index (χ4v) is 3.99. The second kappa shape index (κ2) is 6.58. The van der Waals surface area contributed by atoms with Gasteiger partial charge in [-0.3, -0.25) is 0 Å². The van der Waals surface area contributed by atoms with Crippen LogP contribution in [0, 0.1) is 5.82 Å². The van der Waals surface area contributed by atoms with Crippen molar-refractivity contribution in [1.29, 1.82) is 0 Å². The second-order valence-corrected chi connectivity index (χ2v) is 6.86. The van der Waals surface area contributed by atoms with Crippen molar-refractivity contribution in [2.75, 3.05) is 6.61 Å². The molecular formula is C12H16Cl2FNO3S. The van der Waals surface area contributed by atoms with Crippen molar-refractivity contribution in [1.82, 2.24) is 4.72 Å². The van der Waals surface area contributed by atoms with E-state index in [9.17, 15) is 17.9 Å². The van der Waals surface area contributed by atoms with Crippen LogP contribution in [-0.2, 0) is 10.0 Å². The summed E-state index contributed by atoms with van der Waals surface area (Å²) < 4.78 is 40.6. The lowest BCUT2D eigenvalue weighted by atomic mass is 9.96. The van der Waals surface area contributed by atoms with Crippen LogP contribution in [0.4, 0.5) is 4.39 Å². The molecule has 0 aliphatic carbocycles. The Morgan fingerprint density at radius 1 is 1.30 bits per heavy atom. The minimum Gasteiger partial charge on any atom is -0.394 e. The number of aliphatic hydroxyl groups excluding tert-OH is 1. The SMILES string of the molecule is CCC(CC)(CO)NS(=O)(=O)c1ccc(Cl)c(F)c1Cl. The molecule has 0 spiro atoms. The predicted molar refractivity (Wildman–Crippen MR) is 77.1 cm³/mol. The summed E-state index contributed by atoms with van der Waals surface area (Å²) in [5.74, 6) is -0.987. The van der Waals surface area contributed by atoms with Crippen LogP contribution in [0.1, 0.15) is 26.7 Å². The van der Waals surface area contributed by atoms with Crippen LogP contribution in [0.25, 0.3) is 0 Å². The van der Waals surface area contributed by atoms with Crippen molar-refractivity contribution in [3.8, 4) is 0 Å². The third kappa shape index (κ3) is 3.43. The molecule has 0 unspecified atom stereocenters. The van der Waals surface area contributed by atoms with Crippen LogP contribution in [-0.4, -0.2) is 25.7 Å². The zero-order valence-corrected chi connectivity index (χ0v) is 13.4. The minimum atomic E-state index is -4.06. The number of rotatable bonds is 6. The minimum absolute atomic E-state index is 0.256. The Morgan fingerprint density at radius 2 is 1.85 bits per heavy atom. The third-order valence-corrected chi connectivity index (χ3v) is 5.69. The molecule has 0 saturated carbocycles. The van der Waals surface area contributed by atoms with Gasteiger partial charge in [0.1, 0.15) is 4.90 Å². The lowest BCUT2D eigenvalue weighted by Gasteiger charge is -2.30. The first-order valence-corrected chi connectivity index (χ1v) is 8.25. The summed E-state index contributed by atoms with van der Waals surface area (Å²) in [5, 5.41) is 8.58. The molecule has 0 fully saturated rings. The zero-order chi connectivity index (χ0) is 15.6. The molecule has 8 heteroatoms. The number of halogens is 3. The zero-order valence-electron chi connectivity index (χ0n) is 11.1. The summed E-state index contributed by atoms with van der Waals surface area (Å²) in [7, 11) is -4.06. The predicted octanol–water partition coefficient (Wildman–Crippen LogP) is 2.96. The van der Waals surface area contributed by atoms with E-state index in [0.29, 0.717) is 12.8 Å². The summed E-state index contributed by atoms with van der Waals surface area (Å²) in [5.41, 5.74) is -1.00. The van der Waals surface area contributed by atoms with Gasteiger partial charge in [-0.15, -0.1) is 0 Å². The molecule has 1 aromatic carbocycles. The lowest BCUT2D eigenvalue weighted by Crippen LogP contribution is -2.50. The van der Waals surface area contributed by atoms with Gasteiger partial charge in [0.05, 0.1) is 22.2 Å². The molecule has 0 heterocycles. The van der Waals surface area contributed by atoms with E-state index >= 15 is 0 Å². The molecule has 0 radical (unpaired) electrons. The third-order valence-electron chi connectivity index (χ3n) is 3.30. The van der Waals surface area contributed by atoms with E-state index in [4.69, 9.17) is 23.2 Å². The smallest absolute Gasteiger partial charge is 0.242 e. The first kappa shape index (κ1) is 17.7.